The zero-order valence-corrected chi connectivity index (χ0v) is 19.4. The molecular weight excluding hydrogens is 416 g/mol. The number of imide groups is 1. The summed E-state index contributed by atoms with van der Waals surface area (Å²) in [7, 11) is 3.11. The van der Waals surface area contributed by atoms with Crippen molar-refractivity contribution >= 4 is 28.8 Å². The predicted octanol–water partition coefficient (Wildman–Crippen LogP) is 5.03. The van der Waals surface area contributed by atoms with Gasteiger partial charge >= 0.3 is 0 Å². The highest BCUT2D eigenvalue weighted by molar-refractivity contribution is 6.46. The molecule has 6 nitrogen and oxygen atoms in total. The monoisotopic (exact) mass is 442 g/mol. The second-order valence-electron chi connectivity index (χ2n) is 8.04. The number of ether oxygens (including phenoxy) is 2. The van der Waals surface area contributed by atoms with Gasteiger partial charge in [0.1, 0.15) is 17.2 Å². The third-order valence-corrected chi connectivity index (χ3v) is 5.66. The minimum atomic E-state index is -0.438. The lowest BCUT2D eigenvalue weighted by atomic mass is 9.97. The number of benzene rings is 3. The second-order valence-corrected chi connectivity index (χ2v) is 8.04. The van der Waals surface area contributed by atoms with Crippen LogP contribution in [-0.2, 0) is 9.59 Å². The number of amides is 2. The molecule has 0 radical (unpaired) electrons. The van der Waals surface area contributed by atoms with Gasteiger partial charge in [-0.1, -0.05) is 35.9 Å². The van der Waals surface area contributed by atoms with Crippen LogP contribution in [0.15, 0.2) is 66.4 Å². The van der Waals surface area contributed by atoms with Gasteiger partial charge in [-0.05, 0) is 61.7 Å². The largest absolute Gasteiger partial charge is 0.497 e. The summed E-state index contributed by atoms with van der Waals surface area (Å²) < 4.78 is 10.8. The average Bonchev–Trinajstić information content (AvgIpc) is 3.03. The minimum Gasteiger partial charge on any atom is -0.497 e. The first-order chi connectivity index (χ1) is 15.8. The first-order valence-electron chi connectivity index (χ1n) is 10.6. The van der Waals surface area contributed by atoms with Crippen molar-refractivity contribution in [2.75, 3.05) is 24.4 Å². The molecule has 4 rings (SSSR count). The number of anilines is 2. The first kappa shape index (κ1) is 22.1. The summed E-state index contributed by atoms with van der Waals surface area (Å²) >= 11 is 0. The fourth-order valence-corrected chi connectivity index (χ4v) is 4.03. The smallest absolute Gasteiger partial charge is 0.282 e. The van der Waals surface area contributed by atoms with E-state index < -0.39 is 11.8 Å². The highest BCUT2D eigenvalue weighted by Crippen LogP contribution is 2.37. The van der Waals surface area contributed by atoms with Crippen LogP contribution in [0.1, 0.15) is 22.3 Å². The molecule has 2 amide bonds. The number of hydrogen-bond donors (Lipinski definition) is 1. The molecule has 6 heteroatoms. The van der Waals surface area contributed by atoms with E-state index in [0.29, 0.717) is 34.0 Å². The van der Waals surface area contributed by atoms with E-state index in [1.54, 1.807) is 38.5 Å². The molecule has 1 N–H and O–H groups in total. The lowest BCUT2D eigenvalue weighted by Crippen LogP contribution is -2.32. The Morgan fingerprint density at radius 1 is 0.788 bits per heavy atom. The summed E-state index contributed by atoms with van der Waals surface area (Å²) in [5.74, 6) is 0.303. The molecule has 33 heavy (non-hydrogen) atoms. The Kier molecular flexibility index (Phi) is 5.92. The SMILES string of the molecule is COc1cccc(N2C(=O)C(Nc3cc(C)ccc3OC)=C(c3ccc(C)cc3C)C2=O)c1. The van der Waals surface area contributed by atoms with Gasteiger partial charge in [-0.25, -0.2) is 4.90 Å². The standard InChI is InChI=1S/C27H26N2O4/c1-16-9-11-21(18(3)13-16)24-25(28-22-14-17(2)10-12-23(22)33-5)27(31)29(26(24)30)19-7-6-8-20(15-19)32-4/h6-15,28H,1-5H3. The number of aryl methyl sites for hydroxylation is 3. The maximum atomic E-state index is 13.7. The number of hydrogen-bond acceptors (Lipinski definition) is 5. The van der Waals surface area contributed by atoms with Crippen LogP contribution in [0.25, 0.3) is 5.57 Å². The van der Waals surface area contributed by atoms with Crippen molar-refractivity contribution in [2.45, 2.75) is 20.8 Å². The van der Waals surface area contributed by atoms with E-state index in [-0.39, 0.29) is 5.70 Å². The Morgan fingerprint density at radius 2 is 1.52 bits per heavy atom. The van der Waals surface area contributed by atoms with Crippen molar-refractivity contribution in [3.05, 3.63) is 88.6 Å². The van der Waals surface area contributed by atoms with Crippen molar-refractivity contribution in [3.63, 3.8) is 0 Å². The Balaban J connectivity index is 1.89. The van der Waals surface area contributed by atoms with Crippen LogP contribution >= 0.6 is 0 Å². The Bertz CT molecular complexity index is 1290. The van der Waals surface area contributed by atoms with Crippen LogP contribution in [0.3, 0.4) is 0 Å². The average molecular weight is 443 g/mol. The van der Waals surface area contributed by atoms with E-state index in [4.69, 9.17) is 9.47 Å². The number of carbonyl (C=O) groups is 2. The van der Waals surface area contributed by atoms with Crippen LogP contribution < -0.4 is 19.7 Å². The van der Waals surface area contributed by atoms with E-state index >= 15 is 0 Å². The summed E-state index contributed by atoms with van der Waals surface area (Å²) in [6, 6.07) is 18.4. The molecule has 3 aromatic rings. The highest BCUT2D eigenvalue weighted by Gasteiger charge is 2.41. The fraction of sp³-hybridized carbons (Fsp3) is 0.185. The quantitative estimate of drug-likeness (QED) is 0.543. The summed E-state index contributed by atoms with van der Waals surface area (Å²) in [4.78, 5) is 28.6. The van der Waals surface area contributed by atoms with Gasteiger partial charge in [-0.2, -0.15) is 0 Å². The van der Waals surface area contributed by atoms with E-state index in [0.717, 1.165) is 16.7 Å². The number of methoxy groups -OCH3 is 2. The number of carbonyl (C=O) groups excluding carboxylic acids is 2. The molecule has 1 aliphatic rings. The topological polar surface area (TPSA) is 67.9 Å². The van der Waals surface area contributed by atoms with Gasteiger partial charge < -0.3 is 14.8 Å². The van der Waals surface area contributed by atoms with Gasteiger partial charge in [0.2, 0.25) is 0 Å². The predicted molar refractivity (Wildman–Crippen MR) is 130 cm³/mol. The molecule has 0 aliphatic carbocycles. The number of nitrogens with one attached hydrogen (secondary N) is 1. The van der Waals surface area contributed by atoms with E-state index in [1.165, 1.54) is 4.90 Å². The molecule has 0 bridgehead atoms. The fourth-order valence-electron chi connectivity index (χ4n) is 4.03. The summed E-state index contributed by atoms with van der Waals surface area (Å²) in [6.07, 6.45) is 0. The maximum Gasteiger partial charge on any atom is 0.282 e. The van der Waals surface area contributed by atoms with Gasteiger partial charge in [0.05, 0.1) is 31.2 Å². The Labute approximate surface area is 193 Å². The minimum absolute atomic E-state index is 0.207. The molecule has 1 aliphatic heterocycles. The van der Waals surface area contributed by atoms with Gasteiger partial charge in [0.25, 0.3) is 11.8 Å². The van der Waals surface area contributed by atoms with Gasteiger partial charge in [0.15, 0.2) is 0 Å². The molecule has 0 aromatic heterocycles. The van der Waals surface area contributed by atoms with Crippen molar-refractivity contribution < 1.29 is 19.1 Å². The summed E-state index contributed by atoms with van der Waals surface area (Å²) in [5.41, 5.74) is 5.28. The van der Waals surface area contributed by atoms with Crippen LogP contribution in [0.4, 0.5) is 11.4 Å². The van der Waals surface area contributed by atoms with E-state index in [1.807, 2.05) is 57.2 Å². The molecule has 1 heterocycles. The maximum absolute atomic E-state index is 13.7. The van der Waals surface area contributed by atoms with E-state index in [2.05, 4.69) is 5.32 Å². The number of rotatable bonds is 6. The zero-order valence-electron chi connectivity index (χ0n) is 19.4. The first-order valence-corrected chi connectivity index (χ1v) is 10.6. The molecule has 0 atom stereocenters. The molecule has 168 valence electrons. The molecule has 0 spiro atoms. The summed E-state index contributed by atoms with van der Waals surface area (Å²) in [5, 5.41) is 3.21. The third kappa shape index (κ3) is 4.07. The molecule has 0 saturated carbocycles. The Morgan fingerprint density at radius 3 is 2.21 bits per heavy atom. The van der Waals surface area contributed by atoms with Crippen LogP contribution in [0.2, 0.25) is 0 Å². The molecular formula is C27H26N2O4. The van der Waals surface area contributed by atoms with Crippen molar-refractivity contribution in [3.8, 4) is 11.5 Å². The Hall–Kier alpha value is -4.06. The lowest BCUT2D eigenvalue weighted by Gasteiger charge is -2.17. The molecule has 0 saturated heterocycles. The van der Waals surface area contributed by atoms with Crippen molar-refractivity contribution in [1.29, 1.82) is 0 Å². The van der Waals surface area contributed by atoms with Crippen molar-refractivity contribution in [1.82, 2.24) is 0 Å². The zero-order chi connectivity index (χ0) is 23.7. The van der Waals surface area contributed by atoms with Crippen LogP contribution in [-0.4, -0.2) is 26.0 Å². The van der Waals surface area contributed by atoms with Gasteiger partial charge in [-0.15, -0.1) is 0 Å². The van der Waals surface area contributed by atoms with Crippen molar-refractivity contribution in [2.24, 2.45) is 0 Å². The van der Waals surface area contributed by atoms with Gasteiger partial charge in [0, 0.05) is 6.07 Å². The van der Waals surface area contributed by atoms with Crippen LogP contribution in [0.5, 0.6) is 11.5 Å². The third-order valence-electron chi connectivity index (χ3n) is 5.66. The lowest BCUT2D eigenvalue weighted by molar-refractivity contribution is -0.120. The van der Waals surface area contributed by atoms with Crippen LogP contribution in [0, 0.1) is 20.8 Å². The molecule has 0 unspecified atom stereocenters. The second kappa shape index (κ2) is 8.82. The summed E-state index contributed by atoms with van der Waals surface area (Å²) in [6.45, 7) is 5.88. The number of nitrogens with zero attached hydrogens (tertiary/aromatic N) is 1. The van der Waals surface area contributed by atoms with Gasteiger partial charge in [-0.3, -0.25) is 9.59 Å². The van der Waals surface area contributed by atoms with E-state index in [9.17, 15) is 9.59 Å². The highest BCUT2D eigenvalue weighted by atomic mass is 16.5. The normalized spacial score (nSPS) is 13.5. The molecule has 0 fully saturated rings. The molecule has 3 aromatic carbocycles.